The van der Waals surface area contributed by atoms with Crippen molar-refractivity contribution in [2.75, 3.05) is 20.2 Å². The van der Waals surface area contributed by atoms with E-state index in [0.717, 1.165) is 37.9 Å². The van der Waals surface area contributed by atoms with Gasteiger partial charge in [0.2, 0.25) is 0 Å². The molecule has 1 heterocycles. The maximum atomic E-state index is 5.20. The SMILES string of the molecule is COc1ccc(CN2CCN=C2NCc2ccccc2)cc1. The number of aliphatic imine (C=N–C) groups is 1. The van der Waals surface area contributed by atoms with Crippen LogP contribution in [0.1, 0.15) is 11.1 Å². The van der Waals surface area contributed by atoms with Gasteiger partial charge in [-0.2, -0.15) is 0 Å². The third-order valence-corrected chi connectivity index (χ3v) is 3.76. The average molecular weight is 295 g/mol. The van der Waals surface area contributed by atoms with Gasteiger partial charge in [-0.25, -0.2) is 0 Å². The number of hydrogen-bond donors (Lipinski definition) is 1. The maximum absolute atomic E-state index is 5.20. The minimum atomic E-state index is 0.804. The Morgan fingerprint density at radius 2 is 1.82 bits per heavy atom. The fourth-order valence-electron chi connectivity index (χ4n) is 2.53. The zero-order chi connectivity index (χ0) is 15.2. The number of ether oxygens (including phenoxy) is 1. The molecule has 2 aromatic rings. The Morgan fingerprint density at radius 3 is 2.55 bits per heavy atom. The molecule has 1 N–H and O–H groups in total. The first-order chi connectivity index (χ1) is 10.8. The normalized spacial score (nSPS) is 13.9. The summed E-state index contributed by atoms with van der Waals surface area (Å²) in [6.45, 7) is 3.49. The third-order valence-electron chi connectivity index (χ3n) is 3.76. The molecule has 1 aliphatic heterocycles. The van der Waals surface area contributed by atoms with Gasteiger partial charge in [-0.1, -0.05) is 42.5 Å². The van der Waals surface area contributed by atoms with E-state index in [2.05, 4.69) is 51.6 Å². The zero-order valence-corrected chi connectivity index (χ0v) is 12.8. The molecule has 3 rings (SSSR count). The lowest BCUT2D eigenvalue weighted by atomic mass is 10.2. The van der Waals surface area contributed by atoms with E-state index in [0.29, 0.717) is 0 Å². The van der Waals surface area contributed by atoms with Crippen LogP contribution in [0.25, 0.3) is 0 Å². The van der Waals surface area contributed by atoms with E-state index < -0.39 is 0 Å². The second-order valence-electron chi connectivity index (χ2n) is 5.31. The first kappa shape index (κ1) is 14.4. The molecule has 0 radical (unpaired) electrons. The van der Waals surface area contributed by atoms with Crippen molar-refractivity contribution in [3.05, 3.63) is 65.7 Å². The van der Waals surface area contributed by atoms with E-state index in [1.165, 1.54) is 11.1 Å². The molecule has 0 aliphatic carbocycles. The number of guanidine groups is 1. The van der Waals surface area contributed by atoms with Gasteiger partial charge in [0.25, 0.3) is 0 Å². The van der Waals surface area contributed by atoms with E-state index >= 15 is 0 Å². The van der Waals surface area contributed by atoms with Gasteiger partial charge in [-0.3, -0.25) is 4.99 Å². The Kier molecular flexibility index (Phi) is 4.59. The van der Waals surface area contributed by atoms with E-state index in [-0.39, 0.29) is 0 Å². The summed E-state index contributed by atoms with van der Waals surface area (Å²) in [6, 6.07) is 18.6. The summed E-state index contributed by atoms with van der Waals surface area (Å²) in [7, 11) is 1.69. The van der Waals surface area contributed by atoms with Gasteiger partial charge in [0.15, 0.2) is 5.96 Å². The summed E-state index contributed by atoms with van der Waals surface area (Å²) >= 11 is 0. The quantitative estimate of drug-likeness (QED) is 0.921. The largest absolute Gasteiger partial charge is 0.497 e. The number of nitrogens with one attached hydrogen (secondary N) is 1. The van der Waals surface area contributed by atoms with Crippen molar-refractivity contribution in [3.63, 3.8) is 0 Å². The van der Waals surface area contributed by atoms with Crippen LogP contribution in [0.15, 0.2) is 59.6 Å². The number of methoxy groups -OCH3 is 1. The van der Waals surface area contributed by atoms with Crippen LogP contribution in [0.4, 0.5) is 0 Å². The van der Waals surface area contributed by atoms with Gasteiger partial charge in [0, 0.05) is 19.6 Å². The molecular formula is C18H21N3O. The molecule has 0 fully saturated rings. The Morgan fingerprint density at radius 1 is 1.05 bits per heavy atom. The highest BCUT2D eigenvalue weighted by molar-refractivity contribution is 5.81. The van der Waals surface area contributed by atoms with Crippen molar-refractivity contribution >= 4 is 5.96 Å². The van der Waals surface area contributed by atoms with Crippen LogP contribution in [-0.4, -0.2) is 31.1 Å². The smallest absolute Gasteiger partial charge is 0.194 e. The molecule has 0 spiro atoms. The lowest BCUT2D eigenvalue weighted by molar-refractivity contribution is 0.413. The van der Waals surface area contributed by atoms with Gasteiger partial charge in [-0.05, 0) is 23.3 Å². The topological polar surface area (TPSA) is 36.9 Å². The monoisotopic (exact) mass is 295 g/mol. The molecule has 0 saturated heterocycles. The lowest BCUT2D eigenvalue weighted by Crippen LogP contribution is -2.37. The number of benzene rings is 2. The van der Waals surface area contributed by atoms with Crippen LogP contribution in [0.5, 0.6) is 5.75 Å². The molecule has 0 bridgehead atoms. The predicted octanol–water partition coefficient (Wildman–Crippen LogP) is 2.66. The Hall–Kier alpha value is -2.49. The van der Waals surface area contributed by atoms with Crippen LogP contribution in [0.3, 0.4) is 0 Å². The molecule has 0 unspecified atom stereocenters. The number of hydrogen-bond acceptors (Lipinski definition) is 4. The molecule has 114 valence electrons. The second-order valence-corrected chi connectivity index (χ2v) is 5.31. The van der Waals surface area contributed by atoms with E-state index in [9.17, 15) is 0 Å². The van der Waals surface area contributed by atoms with Crippen LogP contribution in [-0.2, 0) is 13.1 Å². The van der Waals surface area contributed by atoms with Crippen molar-refractivity contribution < 1.29 is 4.74 Å². The highest BCUT2D eigenvalue weighted by Crippen LogP contribution is 2.14. The minimum absolute atomic E-state index is 0.804. The molecule has 0 saturated carbocycles. The van der Waals surface area contributed by atoms with Crippen LogP contribution in [0, 0.1) is 0 Å². The van der Waals surface area contributed by atoms with E-state index in [1.807, 2.05) is 18.2 Å². The Bertz CT molecular complexity index is 623. The summed E-state index contributed by atoms with van der Waals surface area (Å²) in [5.74, 6) is 1.88. The fourth-order valence-corrected chi connectivity index (χ4v) is 2.53. The van der Waals surface area contributed by atoms with E-state index in [1.54, 1.807) is 7.11 Å². The van der Waals surface area contributed by atoms with Crippen molar-refractivity contribution in [2.45, 2.75) is 13.1 Å². The molecule has 0 aromatic heterocycles. The van der Waals surface area contributed by atoms with Crippen molar-refractivity contribution in [2.24, 2.45) is 4.99 Å². The molecule has 4 heteroatoms. The van der Waals surface area contributed by atoms with Gasteiger partial charge >= 0.3 is 0 Å². The molecule has 0 atom stereocenters. The van der Waals surface area contributed by atoms with Gasteiger partial charge in [-0.15, -0.1) is 0 Å². The summed E-state index contributed by atoms with van der Waals surface area (Å²) in [5.41, 5.74) is 2.53. The Balaban J connectivity index is 1.58. The molecular weight excluding hydrogens is 274 g/mol. The standard InChI is InChI=1S/C18H21N3O/c1-22-17-9-7-16(8-10-17)14-21-12-11-19-18(21)20-13-15-5-3-2-4-6-15/h2-10H,11-14H2,1H3,(H,19,20). The van der Waals surface area contributed by atoms with Gasteiger partial charge in [0.05, 0.1) is 13.7 Å². The van der Waals surface area contributed by atoms with Crippen LogP contribution < -0.4 is 10.1 Å². The molecule has 4 nitrogen and oxygen atoms in total. The predicted molar refractivity (Wildman–Crippen MR) is 89.0 cm³/mol. The van der Waals surface area contributed by atoms with Crippen molar-refractivity contribution in [1.29, 1.82) is 0 Å². The van der Waals surface area contributed by atoms with Crippen LogP contribution in [0.2, 0.25) is 0 Å². The summed E-state index contributed by atoms with van der Waals surface area (Å²) in [6.07, 6.45) is 0. The summed E-state index contributed by atoms with van der Waals surface area (Å²) in [4.78, 5) is 6.85. The minimum Gasteiger partial charge on any atom is -0.497 e. The summed E-state index contributed by atoms with van der Waals surface area (Å²) < 4.78 is 5.20. The van der Waals surface area contributed by atoms with Crippen molar-refractivity contribution in [3.8, 4) is 5.75 Å². The second kappa shape index (κ2) is 6.98. The average Bonchev–Trinajstić information content (AvgIpc) is 3.02. The van der Waals surface area contributed by atoms with Crippen LogP contribution >= 0.6 is 0 Å². The Labute approximate surface area is 131 Å². The maximum Gasteiger partial charge on any atom is 0.194 e. The fraction of sp³-hybridized carbons (Fsp3) is 0.278. The van der Waals surface area contributed by atoms with Gasteiger partial charge in [0.1, 0.15) is 5.75 Å². The van der Waals surface area contributed by atoms with E-state index in [4.69, 9.17) is 4.74 Å². The highest BCUT2D eigenvalue weighted by atomic mass is 16.5. The first-order valence-corrected chi connectivity index (χ1v) is 7.55. The van der Waals surface area contributed by atoms with Crippen molar-refractivity contribution in [1.82, 2.24) is 10.2 Å². The summed E-state index contributed by atoms with van der Waals surface area (Å²) in [5, 5.41) is 3.44. The zero-order valence-electron chi connectivity index (χ0n) is 12.8. The third kappa shape index (κ3) is 3.58. The molecule has 2 aromatic carbocycles. The highest BCUT2D eigenvalue weighted by Gasteiger charge is 2.16. The first-order valence-electron chi connectivity index (χ1n) is 7.55. The molecule has 1 aliphatic rings. The lowest BCUT2D eigenvalue weighted by Gasteiger charge is -2.21. The number of nitrogens with zero attached hydrogens (tertiary/aromatic N) is 2. The molecule has 0 amide bonds. The van der Waals surface area contributed by atoms with Gasteiger partial charge < -0.3 is 15.0 Å². The number of rotatable bonds is 5. The molecule has 22 heavy (non-hydrogen) atoms.